The van der Waals surface area contributed by atoms with Crippen molar-refractivity contribution in [1.29, 1.82) is 0 Å². The number of aliphatic hydroxyl groups excluding tert-OH is 1. The Morgan fingerprint density at radius 3 is 2.52 bits per heavy atom. The summed E-state index contributed by atoms with van der Waals surface area (Å²) in [7, 11) is 4.67. The van der Waals surface area contributed by atoms with E-state index in [2.05, 4.69) is 11.8 Å². The normalized spacial score (nSPS) is 9.57. The largest absolute Gasteiger partial charge is 0.384 e. The highest BCUT2D eigenvalue weighted by molar-refractivity contribution is 5.98. The molecule has 1 N–H and O–H groups in total. The molecule has 112 valence electrons. The first-order valence-corrected chi connectivity index (χ1v) is 6.21. The average molecular weight is 292 g/mol. The van der Waals surface area contributed by atoms with Gasteiger partial charge in [0.1, 0.15) is 12.4 Å². The monoisotopic (exact) mass is 292 g/mol. The Kier molecular flexibility index (Phi) is 5.88. The summed E-state index contributed by atoms with van der Waals surface area (Å²) in [6, 6.07) is 3.59. The molecule has 0 saturated carbocycles. The van der Waals surface area contributed by atoms with Gasteiger partial charge in [-0.3, -0.25) is 9.59 Å². The van der Waals surface area contributed by atoms with E-state index in [0.29, 0.717) is 0 Å². The van der Waals surface area contributed by atoms with E-state index in [1.165, 1.54) is 22.9 Å². The lowest BCUT2D eigenvalue weighted by Crippen LogP contribution is -2.38. The van der Waals surface area contributed by atoms with Gasteiger partial charge in [0, 0.05) is 26.7 Å². The Morgan fingerprint density at radius 1 is 1.29 bits per heavy atom. The van der Waals surface area contributed by atoms with Crippen LogP contribution in [-0.2, 0) is 4.79 Å². The molecule has 0 aliphatic carbocycles. The average Bonchev–Trinajstić information content (AvgIpc) is 2.44. The molecule has 1 aromatic rings. The van der Waals surface area contributed by atoms with Gasteiger partial charge in [0.05, 0.1) is 12.1 Å². The maximum Gasteiger partial charge on any atom is 0.255 e. The smallest absolute Gasteiger partial charge is 0.255 e. The van der Waals surface area contributed by atoms with Crippen LogP contribution >= 0.6 is 0 Å². The third-order valence-corrected chi connectivity index (χ3v) is 2.73. The number of likely N-dealkylation sites (N-methyl/N-ethyl adjacent to an activating group) is 2. The van der Waals surface area contributed by atoms with E-state index in [-0.39, 0.29) is 30.2 Å². The minimum atomic E-state index is -0.527. The first-order chi connectivity index (χ1) is 9.86. The fourth-order valence-electron chi connectivity index (χ4n) is 1.56. The van der Waals surface area contributed by atoms with E-state index < -0.39 is 11.7 Å². The van der Waals surface area contributed by atoms with Crippen LogP contribution < -0.4 is 0 Å². The van der Waals surface area contributed by atoms with E-state index in [4.69, 9.17) is 5.11 Å². The lowest BCUT2D eigenvalue weighted by molar-refractivity contribution is -0.129. The van der Waals surface area contributed by atoms with E-state index in [1.807, 2.05) is 0 Å². The van der Waals surface area contributed by atoms with Gasteiger partial charge in [-0.25, -0.2) is 4.39 Å². The number of rotatable bonds is 3. The predicted octanol–water partition coefficient (Wildman–Crippen LogP) is 0.330. The minimum Gasteiger partial charge on any atom is -0.384 e. The topological polar surface area (TPSA) is 60.9 Å². The highest BCUT2D eigenvalue weighted by atomic mass is 19.1. The molecule has 0 aliphatic rings. The lowest BCUT2D eigenvalue weighted by atomic mass is 10.1. The Bertz CT molecular complexity index is 603. The molecule has 0 atom stereocenters. The van der Waals surface area contributed by atoms with E-state index in [0.717, 1.165) is 12.1 Å². The molecule has 0 heterocycles. The van der Waals surface area contributed by atoms with E-state index >= 15 is 0 Å². The number of carbonyl (C=O) groups excluding carboxylic acids is 2. The molecule has 0 radical (unpaired) electrons. The summed E-state index contributed by atoms with van der Waals surface area (Å²) in [5.74, 6) is 3.72. The van der Waals surface area contributed by atoms with Gasteiger partial charge in [0.25, 0.3) is 5.91 Å². The number of nitrogens with zero attached hydrogens (tertiary/aromatic N) is 2. The number of hydrogen-bond acceptors (Lipinski definition) is 3. The van der Waals surface area contributed by atoms with Crippen LogP contribution in [0.1, 0.15) is 15.9 Å². The van der Waals surface area contributed by atoms with Gasteiger partial charge < -0.3 is 14.9 Å². The van der Waals surface area contributed by atoms with E-state index in [1.54, 1.807) is 14.1 Å². The third-order valence-electron chi connectivity index (χ3n) is 2.73. The van der Waals surface area contributed by atoms with E-state index in [9.17, 15) is 14.0 Å². The van der Waals surface area contributed by atoms with Crippen LogP contribution in [0, 0.1) is 17.7 Å². The summed E-state index contributed by atoms with van der Waals surface area (Å²) in [6.07, 6.45) is 0. The van der Waals surface area contributed by atoms with Crippen molar-refractivity contribution in [2.75, 3.05) is 34.3 Å². The second-order valence-corrected chi connectivity index (χ2v) is 4.60. The molecule has 0 bridgehead atoms. The van der Waals surface area contributed by atoms with Crippen LogP contribution in [0.15, 0.2) is 18.2 Å². The molecule has 21 heavy (non-hydrogen) atoms. The Labute approximate surface area is 123 Å². The SMILES string of the molecule is CN(C)C(=O)CN(C)C(=O)c1ccc(F)cc1C#CCO. The molecule has 0 aromatic heterocycles. The highest BCUT2D eigenvalue weighted by Crippen LogP contribution is 2.12. The van der Waals surface area contributed by atoms with Gasteiger partial charge in [0.2, 0.25) is 5.91 Å². The summed E-state index contributed by atoms with van der Waals surface area (Å²) in [5, 5.41) is 8.70. The van der Waals surface area contributed by atoms with Gasteiger partial charge in [-0.2, -0.15) is 0 Å². The summed E-state index contributed by atoms with van der Waals surface area (Å²) >= 11 is 0. The maximum absolute atomic E-state index is 13.2. The molecule has 0 aliphatic heterocycles. The molecule has 0 unspecified atom stereocenters. The number of carbonyl (C=O) groups is 2. The molecule has 2 amide bonds. The fraction of sp³-hybridized carbons (Fsp3) is 0.333. The molecule has 6 heteroatoms. The first-order valence-electron chi connectivity index (χ1n) is 6.21. The Hall–Kier alpha value is -2.39. The molecule has 0 saturated heterocycles. The number of benzene rings is 1. The second-order valence-electron chi connectivity index (χ2n) is 4.60. The molecule has 0 spiro atoms. The van der Waals surface area contributed by atoms with Crippen LogP contribution in [0.2, 0.25) is 0 Å². The molecular formula is C15H17FN2O3. The van der Waals surface area contributed by atoms with Crippen molar-refractivity contribution in [3.63, 3.8) is 0 Å². The quantitative estimate of drug-likeness (QED) is 0.817. The minimum absolute atomic E-state index is 0.0872. The highest BCUT2D eigenvalue weighted by Gasteiger charge is 2.18. The van der Waals surface area contributed by atoms with Crippen molar-refractivity contribution >= 4 is 11.8 Å². The molecule has 0 fully saturated rings. The van der Waals surface area contributed by atoms with Crippen LogP contribution in [0.5, 0.6) is 0 Å². The zero-order valence-electron chi connectivity index (χ0n) is 12.2. The second kappa shape index (κ2) is 7.41. The Morgan fingerprint density at radius 2 is 1.95 bits per heavy atom. The fourth-order valence-corrected chi connectivity index (χ4v) is 1.56. The third kappa shape index (κ3) is 4.58. The summed E-state index contributed by atoms with van der Waals surface area (Å²) in [5.41, 5.74) is 0.365. The van der Waals surface area contributed by atoms with Crippen LogP contribution in [0.25, 0.3) is 0 Å². The zero-order chi connectivity index (χ0) is 16.0. The maximum atomic E-state index is 13.2. The van der Waals surface area contributed by atoms with Gasteiger partial charge in [0.15, 0.2) is 0 Å². The van der Waals surface area contributed by atoms with Crippen molar-refractivity contribution in [2.24, 2.45) is 0 Å². The van der Waals surface area contributed by atoms with Gasteiger partial charge in [-0.1, -0.05) is 11.8 Å². The summed E-state index contributed by atoms with van der Waals surface area (Å²) in [6.45, 7) is -0.477. The molecular weight excluding hydrogens is 275 g/mol. The molecule has 1 rings (SSSR count). The van der Waals surface area contributed by atoms with Crippen molar-refractivity contribution in [3.8, 4) is 11.8 Å². The van der Waals surface area contributed by atoms with Crippen molar-refractivity contribution in [2.45, 2.75) is 0 Å². The van der Waals surface area contributed by atoms with Crippen LogP contribution in [-0.4, -0.2) is 61.0 Å². The summed E-state index contributed by atoms with van der Waals surface area (Å²) in [4.78, 5) is 26.5. The zero-order valence-corrected chi connectivity index (χ0v) is 12.2. The summed E-state index contributed by atoms with van der Waals surface area (Å²) < 4.78 is 13.2. The van der Waals surface area contributed by atoms with Gasteiger partial charge in [-0.15, -0.1) is 0 Å². The Balaban J connectivity index is 3.04. The van der Waals surface area contributed by atoms with Crippen LogP contribution in [0.3, 0.4) is 0 Å². The number of amides is 2. The lowest BCUT2D eigenvalue weighted by Gasteiger charge is -2.19. The van der Waals surface area contributed by atoms with Crippen molar-refractivity contribution in [1.82, 2.24) is 9.80 Å². The van der Waals surface area contributed by atoms with Crippen molar-refractivity contribution < 1.29 is 19.1 Å². The number of hydrogen-bond donors (Lipinski definition) is 1. The standard InChI is InChI=1S/C15H17FN2O3/c1-17(2)14(20)10-18(3)15(21)13-7-6-12(16)9-11(13)5-4-8-19/h6-7,9,19H,8,10H2,1-3H3. The first kappa shape index (κ1) is 16.7. The van der Waals surface area contributed by atoms with Crippen LogP contribution in [0.4, 0.5) is 4.39 Å². The number of halogens is 1. The van der Waals surface area contributed by atoms with Crippen molar-refractivity contribution in [3.05, 3.63) is 35.1 Å². The number of aliphatic hydroxyl groups is 1. The molecule has 1 aromatic carbocycles. The molecule has 5 nitrogen and oxygen atoms in total. The van der Waals surface area contributed by atoms with Gasteiger partial charge in [-0.05, 0) is 18.2 Å². The predicted molar refractivity (Wildman–Crippen MR) is 76.0 cm³/mol. The van der Waals surface area contributed by atoms with Gasteiger partial charge >= 0.3 is 0 Å².